The highest BCUT2D eigenvalue weighted by atomic mass is 16.2. The molecule has 132 valence electrons. The lowest BCUT2D eigenvalue weighted by Gasteiger charge is -2.18. The van der Waals surface area contributed by atoms with Crippen LogP contribution in [-0.4, -0.2) is 39.6 Å². The highest BCUT2D eigenvalue weighted by Gasteiger charge is 2.23. The highest BCUT2D eigenvalue weighted by Crippen LogP contribution is 2.22. The van der Waals surface area contributed by atoms with Crippen molar-refractivity contribution in [3.05, 3.63) is 47.3 Å². The van der Waals surface area contributed by atoms with Gasteiger partial charge in [0.25, 0.3) is 0 Å². The zero-order valence-electron chi connectivity index (χ0n) is 15.0. The van der Waals surface area contributed by atoms with Crippen molar-refractivity contribution in [1.29, 1.82) is 0 Å². The molecule has 0 spiro atoms. The number of benzene rings is 1. The van der Waals surface area contributed by atoms with E-state index >= 15 is 0 Å². The average molecular weight is 340 g/mol. The van der Waals surface area contributed by atoms with Crippen LogP contribution in [0.15, 0.2) is 30.5 Å². The highest BCUT2D eigenvalue weighted by molar-refractivity contribution is 5.86. The van der Waals surface area contributed by atoms with Gasteiger partial charge in [0.05, 0.1) is 24.5 Å². The Kier molecular flexibility index (Phi) is 4.88. The molecule has 1 saturated heterocycles. The van der Waals surface area contributed by atoms with Gasteiger partial charge in [0.15, 0.2) is 0 Å². The maximum absolute atomic E-state index is 12.2. The van der Waals surface area contributed by atoms with Crippen LogP contribution in [0, 0.1) is 13.8 Å². The fourth-order valence-corrected chi connectivity index (χ4v) is 3.30. The Labute approximate surface area is 147 Å². The second-order valence-corrected chi connectivity index (χ2v) is 6.59. The van der Waals surface area contributed by atoms with Crippen LogP contribution in [0.3, 0.4) is 0 Å². The van der Waals surface area contributed by atoms with Gasteiger partial charge in [0.2, 0.25) is 11.8 Å². The summed E-state index contributed by atoms with van der Waals surface area (Å²) in [5.41, 5.74) is 4.15. The normalized spacial score (nSPS) is 15.5. The molecule has 2 heterocycles. The number of carbonyl (C=O) groups excluding carboxylic acids is 2. The Morgan fingerprint density at radius 3 is 2.76 bits per heavy atom. The van der Waals surface area contributed by atoms with Gasteiger partial charge >= 0.3 is 0 Å². The first-order chi connectivity index (χ1) is 12.0. The van der Waals surface area contributed by atoms with Crippen LogP contribution in [0.1, 0.15) is 42.6 Å². The maximum atomic E-state index is 12.2. The fraction of sp³-hybridized carbons (Fsp3) is 0.421. The van der Waals surface area contributed by atoms with E-state index in [0.717, 1.165) is 28.9 Å². The van der Waals surface area contributed by atoms with Gasteiger partial charge in [0.1, 0.15) is 0 Å². The summed E-state index contributed by atoms with van der Waals surface area (Å²) in [6.45, 7) is 6.80. The number of hydrogen-bond acceptors (Lipinski definition) is 3. The predicted molar refractivity (Wildman–Crippen MR) is 95.4 cm³/mol. The molecule has 1 N–H and O–H groups in total. The Balaban J connectivity index is 1.71. The molecule has 1 aliphatic rings. The van der Waals surface area contributed by atoms with E-state index < -0.39 is 0 Å². The zero-order valence-corrected chi connectivity index (χ0v) is 15.0. The molecular weight excluding hydrogens is 316 g/mol. The van der Waals surface area contributed by atoms with E-state index in [4.69, 9.17) is 0 Å². The summed E-state index contributed by atoms with van der Waals surface area (Å²) >= 11 is 0. The van der Waals surface area contributed by atoms with Crippen LogP contribution < -0.4 is 5.32 Å². The lowest BCUT2D eigenvalue weighted by atomic mass is 10.1. The SMILES string of the molecule is Cc1ccccc1-n1ncc([C@@H](C)NC(=O)CN2CCCC2=O)c1C. The summed E-state index contributed by atoms with van der Waals surface area (Å²) in [5.74, 6) is -0.0721. The third kappa shape index (κ3) is 3.57. The van der Waals surface area contributed by atoms with Crippen molar-refractivity contribution >= 4 is 11.8 Å². The third-order valence-electron chi connectivity index (χ3n) is 4.74. The minimum Gasteiger partial charge on any atom is -0.348 e. The van der Waals surface area contributed by atoms with E-state index in [1.165, 1.54) is 0 Å². The van der Waals surface area contributed by atoms with Crippen LogP contribution in [0.5, 0.6) is 0 Å². The smallest absolute Gasteiger partial charge is 0.240 e. The van der Waals surface area contributed by atoms with Crippen molar-refractivity contribution in [2.45, 2.75) is 39.7 Å². The van der Waals surface area contributed by atoms with E-state index in [9.17, 15) is 9.59 Å². The molecule has 1 aromatic heterocycles. The number of aromatic nitrogens is 2. The van der Waals surface area contributed by atoms with E-state index in [1.807, 2.05) is 49.7 Å². The van der Waals surface area contributed by atoms with Gasteiger partial charge in [-0.1, -0.05) is 18.2 Å². The molecule has 2 amide bonds. The zero-order chi connectivity index (χ0) is 18.0. The summed E-state index contributed by atoms with van der Waals surface area (Å²) in [6, 6.07) is 7.90. The monoisotopic (exact) mass is 340 g/mol. The predicted octanol–water partition coefficient (Wildman–Crippen LogP) is 2.29. The van der Waals surface area contributed by atoms with Gasteiger partial charge < -0.3 is 10.2 Å². The van der Waals surface area contributed by atoms with E-state index in [-0.39, 0.29) is 24.4 Å². The molecule has 3 rings (SSSR count). The molecule has 1 aliphatic heterocycles. The van der Waals surface area contributed by atoms with Crippen LogP contribution in [0.2, 0.25) is 0 Å². The summed E-state index contributed by atoms with van der Waals surface area (Å²) < 4.78 is 1.90. The van der Waals surface area contributed by atoms with Crippen LogP contribution in [0.25, 0.3) is 5.69 Å². The second kappa shape index (κ2) is 7.09. The van der Waals surface area contributed by atoms with Crippen molar-refractivity contribution < 1.29 is 9.59 Å². The first-order valence-electron chi connectivity index (χ1n) is 8.65. The molecule has 0 radical (unpaired) electrons. The molecule has 6 nitrogen and oxygen atoms in total. The lowest BCUT2D eigenvalue weighted by molar-refractivity contribution is -0.133. The topological polar surface area (TPSA) is 67.2 Å². The Morgan fingerprint density at radius 2 is 2.08 bits per heavy atom. The maximum Gasteiger partial charge on any atom is 0.240 e. The Bertz CT molecular complexity index is 796. The summed E-state index contributed by atoms with van der Waals surface area (Å²) in [7, 11) is 0. The molecule has 0 unspecified atom stereocenters. The largest absolute Gasteiger partial charge is 0.348 e. The Hall–Kier alpha value is -2.63. The van der Waals surface area contributed by atoms with Gasteiger partial charge in [-0.3, -0.25) is 9.59 Å². The Morgan fingerprint density at radius 1 is 1.32 bits per heavy atom. The number of nitrogens with one attached hydrogen (secondary N) is 1. The minimum absolute atomic E-state index is 0.0614. The van der Waals surface area contributed by atoms with Crippen LogP contribution >= 0.6 is 0 Å². The number of carbonyl (C=O) groups is 2. The number of aryl methyl sites for hydroxylation is 1. The van der Waals surface area contributed by atoms with Gasteiger partial charge in [-0.05, 0) is 38.8 Å². The number of rotatable bonds is 5. The number of nitrogens with zero attached hydrogens (tertiary/aromatic N) is 3. The lowest BCUT2D eigenvalue weighted by Crippen LogP contribution is -2.38. The summed E-state index contributed by atoms with van der Waals surface area (Å²) in [4.78, 5) is 25.5. The van der Waals surface area contributed by atoms with Gasteiger partial charge in [-0.25, -0.2) is 4.68 Å². The third-order valence-corrected chi connectivity index (χ3v) is 4.74. The summed E-state index contributed by atoms with van der Waals surface area (Å²) in [5, 5.41) is 7.47. The minimum atomic E-state index is -0.164. The van der Waals surface area contributed by atoms with Crippen molar-refractivity contribution in [3.63, 3.8) is 0 Å². The first-order valence-corrected chi connectivity index (χ1v) is 8.65. The molecule has 1 fully saturated rings. The van der Waals surface area contributed by atoms with Crippen molar-refractivity contribution in [1.82, 2.24) is 20.0 Å². The second-order valence-electron chi connectivity index (χ2n) is 6.59. The van der Waals surface area contributed by atoms with Crippen molar-refractivity contribution in [2.24, 2.45) is 0 Å². The quantitative estimate of drug-likeness (QED) is 0.908. The molecule has 25 heavy (non-hydrogen) atoms. The summed E-state index contributed by atoms with van der Waals surface area (Å²) in [6.07, 6.45) is 3.18. The van der Waals surface area contributed by atoms with Gasteiger partial charge in [0, 0.05) is 24.2 Å². The molecule has 6 heteroatoms. The van der Waals surface area contributed by atoms with Gasteiger partial charge in [-0.2, -0.15) is 5.10 Å². The van der Waals surface area contributed by atoms with Crippen molar-refractivity contribution in [3.8, 4) is 5.69 Å². The van der Waals surface area contributed by atoms with E-state index in [0.29, 0.717) is 13.0 Å². The standard InChI is InChI=1S/C19H24N4O2/c1-13-7-4-5-8-17(13)23-15(3)16(11-20-23)14(2)21-18(24)12-22-10-6-9-19(22)25/h4-5,7-8,11,14H,6,9-10,12H2,1-3H3,(H,21,24)/t14-/m1/s1. The van der Waals surface area contributed by atoms with Gasteiger partial charge in [-0.15, -0.1) is 0 Å². The number of para-hydroxylation sites is 1. The fourth-order valence-electron chi connectivity index (χ4n) is 3.30. The first kappa shape index (κ1) is 17.2. The average Bonchev–Trinajstić information content (AvgIpc) is 3.14. The molecular formula is C19H24N4O2. The molecule has 0 saturated carbocycles. The van der Waals surface area contributed by atoms with E-state index in [1.54, 1.807) is 11.1 Å². The number of amides is 2. The molecule has 0 aliphatic carbocycles. The van der Waals surface area contributed by atoms with Crippen LogP contribution in [0.4, 0.5) is 0 Å². The molecule has 2 aromatic rings. The molecule has 0 bridgehead atoms. The number of hydrogen-bond donors (Lipinski definition) is 1. The molecule has 1 atom stereocenters. The van der Waals surface area contributed by atoms with Crippen LogP contribution in [-0.2, 0) is 9.59 Å². The van der Waals surface area contributed by atoms with Crippen molar-refractivity contribution in [2.75, 3.05) is 13.1 Å². The molecule has 1 aromatic carbocycles. The number of likely N-dealkylation sites (tertiary alicyclic amines) is 1. The van der Waals surface area contributed by atoms with E-state index in [2.05, 4.69) is 10.4 Å².